The summed E-state index contributed by atoms with van der Waals surface area (Å²) in [6.07, 6.45) is 1.68. The molecule has 2 N–H and O–H groups in total. The third-order valence-electron chi connectivity index (χ3n) is 5.09. The molecule has 2 amide bonds. The van der Waals surface area contributed by atoms with E-state index < -0.39 is 6.10 Å². The number of ether oxygens (including phenoxy) is 1. The molecule has 2 aliphatic heterocycles. The average Bonchev–Trinajstić information content (AvgIpc) is 2.68. The summed E-state index contributed by atoms with van der Waals surface area (Å²) >= 11 is 0. The standard InChI is InChI=1S/C19H28N4O3.2ClH/c1-22-10-3-4-16(13-22)23(2)19(25)14-5-7-15(8-6-14)21-18(24)17-12-20-9-11-26-17;;/h5-8,16-17,20H,3-4,9-13H2,1-2H3,(H,21,24);2*1H. The Balaban J connectivity index is 0.00000196. The minimum atomic E-state index is -0.473. The number of rotatable bonds is 4. The number of piperidine rings is 1. The predicted octanol–water partition coefficient (Wildman–Crippen LogP) is 1.62. The quantitative estimate of drug-likeness (QED) is 0.755. The van der Waals surface area contributed by atoms with E-state index >= 15 is 0 Å². The molecule has 2 fully saturated rings. The maximum absolute atomic E-state index is 12.7. The van der Waals surface area contributed by atoms with Crippen LogP contribution in [0, 0.1) is 0 Å². The molecule has 2 aliphatic rings. The maximum Gasteiger partial charge on any atom is 0.254 e. The van der Waals surface area contributed by atoms with Gasteiger partial charge in [0.05, 0.1) is 6.61 Å². The van der Waals surface area contributed by atoms with Crippen LogP contribution in [-0.2, 0) is 9.53 Å². The summed E-state index contributed by atoms with van der Waals surface area (Å²) in [5.41, 5.74) is 1.30. The van der Waals surface area contributed by atoms with Crippen molar-refractivity contribution in [3.63, 3.8) is 0 Å². The fraction of sp³-hybridized carbons (Fsp3) is 0.579. The maximum atomic E-state index is 12.7. The van der Waals surface area contributed by atoms with Crippen molar-refractivity contribution in [2.45, 2.75) is 25.0 Å². The highest BCUT2D eigenvalue weighted by Gasteiger charge is 2.25. The SMILES string of the molecule is CN1CCCC(N(C)C(=O)c2ccc(NC(=O)C3CNCCO3)cc2)C1.Cl.Cl. The van der Waals surface area contributed by atoms with Crippen molar-refractivity contribution in [3.8, 4) is 0 Å². The van der Waals surface area contributed by atoms with Crippen LogP contribution in [0.25, 0.3) is 0 Å². The van der Waals surface area contributed by atoms with Gasteiger partial charge in [-0.2, -0.15) is 0 Å². The molecule has 2 atom stereocenters. The molecule has 28 heavy (non-hydrogen) atoms. The smallest absolute Gasteiger partial charge is 0.254 e. The number of halogens is 2. The third kappa shape index (κ3) is 6.32. The van der Waals surface area contributed by atoms with Gasteiger partial charge >= 0.3 is 0 Å². The Bertz CT molecular complexity index is 639. The fourth-order valence-corrected chi connectivity index (χ4v) is 3.48. The Morgan fingerprint density at radius 2 is 1.96 bits per heavy atom. The summed E-state index contributed by atoms with van der Waals surface area (Å²) in [6, 6.07) is 7.31. The zero-order valence-electron chi connectivity index (χ0n) is 16.3. The topological polar surface area (TPSA) is 73.9 Å². The number of anilines is 1. The van der Waals surface area contributed by atoms with Gasteiger partial charge in [-0.3, -0.25) is 9.59 Å². The second-order valence-electron chi connectivity index (χ2n) is 7.10. The molecule has 3 rings (SSSR count). The Kier molecular flexibility index (Phi) is 10.2. The number of nitrogens with one attached hydrogen (secondary N) is 2. The van der Waals surface area contributed by atoms with E-state index in [9.17, 15) is 9.59 Å². The molecule has 7 nitrogen and oxygen atoms in total. The third-order valence-corrected chi connectivity index (χ3v) is 5.09. The van der Waals surface area contributed by atoms with E-state index in [2.05, 4.69) is 22.6 Å². The molecule has 0 radical (unpaired) electrons. The van der Waals surface area contributed by atoms with Gasteiger partial charge < -0.3 is 25.2 Å². The molecule has 0 spiro atoms. The molecule has 9 heteroatoms. The highest BCUT2D eigenvalue weighted by molar-refractivity contribution is 5.97. The van der Waals surface area contributed by atoms with Crippen LogP contribution in [0.1, 0.15) is 23.2 Å². The van der Waals surface area contributed by atoms with Crippen LogP contribution < -0.4 is 10.6 Å². The number of carbonyl (C=O) groups is 2. The summed E-state index contributed by atoms with van der Waals surface area (Å²) in [5.74, 6) is -0.151. The van der Waals surface area contributed by atoms with Gasteiger partial charge in [0.1, 0.15) is 6.10 Å². The van der Waals surface area contributed by atoms with Crippen LogP contribution in [0.3, 0.4) is 0 Å². The van der Waals surface area contributed by atoms with E-state index in [1.807, 2.05) is 11.9 Å². The number of likely N-dealkylation sites (N-methyl/N-ethyl adjacent to an activating group) is 2. The lowest BCUT2D eigenvalue weighted by atomic mass is 10.0. The Morgan fingerprint density at radius 3 is 2.57 bits per heavy atom. The second-order valence-corrected chi connectivity index (χ2v) is 7.10. The molecular formula is C19H30Cl2N4O3. The van der Waals surface area contributed by atoms with Crippen molar-refractivity contribution in [1.29, 1.82) is 0 Å². The number of amides is 2. The molecule has 1 aromatic carbocycles. The van der Waals surface area contributed by atoms with E-state index in [0.29, 0.717) is 24.4 Å². The van der Waals surface area contributed by atoms with Gasteiger partial charge in [-0.05, 0) is 50.7 Å². The molecule has 1 aromatic rings. The second kappa shape index (κ2) is 11.6. The summed E-state index contributed by atoms with van der Waals surface area (Å²) in [5, 5.41) is 5.97. The highest BCUT2D eigenvalue weighted by atomic mass is 35.5. The van der Waals surface area contributed by atoms with E-state index in [1.165, 1.54) is 0 Å². The fourth-order valence-electron chi connectivity index (χ4n) is 3.48. The first-order chi connectivity index (χ1) is 12.5. The van der Waals surface area contributed by atoms with E-state index in [4.69, 9.17) is 4.74 Å². The molecule has 158 valence electrons. The van der Waals surface area contributed by atoms with Gasteiger partial charge in [-0.1, -0.05) is 0 Å². The normalized spacial score (nSPS) is 22.4. The van der Waals surface area contributed by atoms with E-state index in [-0.39, 0.29) is 42.7 Å². The molecule has 0 aromatic heterocycles. The number of benzene rings is 1. The molecule has 0 aliphatic carbocycles. The van der Waals surface area contributed by atoms with Crippen molar-refractivity contribution in [2.24, 2.45) is 0 Å². The Labute approximate surface area is 179 Å². The largest absolute Gasteiger partial charge is 0.366 e. The van der Waals surface area contributed by atoms with Crippen LogP contribution in [-0.4, -0.2) is 80.6 Å². The van der Waals surface area contributed by atoms with Gasteiger partial charge in [-0.25, -0.2) is 0 Å². The molecule has 0 saturated carbocycles. The van der Waals surface area contributed by atoms with Crippen molar-refractivity contribution in [3.05, 3.63) is 29.8 Å². The molecular weight excluding hydrogens is 403 g/mol. The number of hydrogen-bond donors (Lipinski definition) is 2. The first kappa shape index (κ1) is 24.7. The van der Waals surface area contributed by atoms with Gasteiger partial charge in [0.2, 0.25) is 0 Å². The Morgan fingerprint density at radius 1 is 1.25 bits per heavy atom. The van der Waals surface area contributed by atoms with E-state index in [0.717, 1.165) is 32.5 Å². The van der Waals surface area contributed by atoms with Gasteiger partial charge in [0.15, 0.2) is 0 Å². The van der Waals surface area contributed by atoms with Crippen LogP contribution >= 0.6 is 24.8 Å². The van der Waals surface area contributed by atoms with Crippen LogP contribution in [0.4, 0.5) is 5.69 Å². The number of nitrogens with zero attached hydrogens (tertiary/aromatic N) is 2. The number of carbonyl (C=O) groups excluding carboxylic acids is 2. The summed E-state index contributed by atoms with van der Waals surface area (Å²) in [4.78, 5) is 29.0. The van der Waals surface area contributed by atoms with Crippen molar-refractivity contribution < 1.29 is 14.3 Å². The first-order valence-corrected chi connectivity index (χ1v) is 9.23. The average molecular weight is 433 g/mol. The van der Waals surface area contributed by atoms with E-state index in [1.54, 1.807) is 24.3 Å². The summed E-state index contributed by atoms with van der Waals surface area (Å²) < 4.78 is 5.44. The Hall–Kier alpha value is -1.38. The monoisotopic (exact) mass is 432 g/mol. The molecule has 2 unspecified atom stereocenters. The minimum Gasteiger partial charge on any atom is -0.366 e. The van der Waals surface area contributed by atoms with Crippen molar-refractivity contribution >= 4 is 42.3 Å². The minimum absolute atomic E-state index is 0. The molecule has 2 heterocycles. The summed E-state index contributed by atoms with van der Waals surface area (Å²) in [6.45, 7) is 3.82. The number of likely N-dealkylation sites (tertiary alicyclic amines) is 1. The van der Waals surface area contributed by atoms with Gasteiger partial charge in [0, 0.05) is 44.0 Å². The summed E-state index contributed by atoms with van der Waals surface area (Å²) in [7, 11) is 3.96. The zero-order chi connectivity index (χ0) is 18.5. The molecule has 2 saturated heterocycles. The van der Waals surface area contributed by atoms with Gasteiger partial charge in [0.25, 0.3) is 11.8 Å². The van der Waals surface area contributed by atoms with Crippen LogP contribution in [0.5, 0.6) is 0 Å². The highest BCUT2D eigenvalue weighted by Crippen LogP contribution is 2.17. The number of hydrogen-bond acceptors (Lipinski definition) is 5. The lowest BCUT2D eigenvalue weighted by molar-refractivity contribution is -0.128. The lowest BCUT2D eigenvalue weighted by Crippen LogP contribution is -2.47. The predicted molar refractivity (Wildman–Crippen MR) is 115 cm³/mol. The van der Waals surface area contributed by atoms with Crippen molar-refractivity contribution in [2.75, 3.05) is 52.2 Å². The lowest BCUT2D eigenvalue weighted by Gasteiger charge is -2.35. The first-order valence-electron chi connectivity index (χ1n) is 9.23. The van der Waals surface area contributed by atoms with Crippen molar-refractivity contribution in [1.82, 2.24) is 15.1 Å². The number of morpholine rings is 1. The molecule has 0 bridgehead atoms. The van der Waals surface area contributed by atoms with Crippen LogP contribution in [0.2, 0.25) is 0 Å². The zero-order valence-corrected chi connectivity index (χ0v) is 18.0. The van der Waals surface area contributed by atoms with Gasteiger partial charge in [-0.15, -0.1) is 24.8 Å². The van der Waals surface area contributed by atoms with Crippen LogP contribution in [0.15, 0.2) is 24.3 Å².